The van der Waals surface area contributed by atoms with Gasteiger partial charge in [-0.25, -0.2) is 9.78 Å². The summed E-state index contributed by atoms with van der Waals surface area (Å²) in [7, 11) is 1.67. The molecule has 0 saturated carbocycles. The molecule has 0 aliphatic heterocycles. The Kier molecular flexibility index (Phi) is 7.89. The summed E-state index contributed by atoms with van der Waals surface area (Å²) >= 11 is 0. The van der Waals surface area contributed by atoms with Crippen LogP contribution in [0.4, 0.5) is 5.69 Å². The molecule has 0 fully saturated rings. The minimum Gasteiger partial charge on any atom is -0.403 e. The van der Waals surface area contributed by atoms with E-state index in [2.05, 4.69) is 30.1 Å². The van der Waals surface area contributed by atoms with Crippen LogP contribution in [0.25, 0.3) is 22.4 Å². The highest BCUT2D eigenvalue weighted by Crippen LogP contribution is 2.24. The molecular weight excluding hydrogens is 464 g/mol. The van der Waals surface area contributed by atoms with E-state index >= 15 is 0 Å². The third-order valence-corrected chi connectivity index (χ3v) is 6.26. The lowest BCUT2D eigenvalue weighted by Crippen LogP contribution is -2.27. The van der Waals surface area contributed by atoms with Gasteiger partial charge in [0.1, 0.15) is 0 Å². The number of anilines is 1. The smallest absolute Gasteiger partial charge is 0.347 e. The minimum absolute atomic E-state index is 0.0884. The van der Waals surface area contributed by atoms with E-state index in [1.807, 2.05) is 31.2 Å². The highest BCUT2D eigenvalue weighted by Gasteiger charge is 2.19. The van der Waals surface area contributed by atoms with Crippen LogP contribution in [-0.4, -0.2) is 24.2 Å². The number of aromatic nitrogens is 1. The zero-order valence-electron chi connectivity index (χ0n) is 21.1. The first kappa shape index (κ1) is 25.5. The van der Waals surface area contributed by atoms with Crippen molar-refractivity contribution in [1.82, 2.24) is 4.98 Å². The predicted octanol–water partition coefficient (Wildman–Crippen LogP) is 6.40. The number of aryl methyl sites for hydroxylation is 1. The fraction of sp³-hybridized carbons (Fsp3) is 0.161. The van der Waals surface area contributed by atoms with Crippen LogP contribution in [0.15, 0.2) is 99.7 Å². The van der Waals surface area contributed by atoms with E-state index in [0.29, 0.717) is 22.8 Å². The van der Waals surface area contributed by atoms with Crippen LogP contribution in [0.3, 0.4) is 0 Å². The maximum Gasteiger partial charge on any atom is 0.347 e. The largest absolute Gasteiger partial charge is 0.403 e. The van der Waals surface area contributed by atoms with Gasteiger partial charge in [0.25, 0.3) is 5.91 Å². The maximum atomic E-state index is 13.3. The fourth-order valence-corrected chi connectivity index (χ4v) is 3.93. The zero-order valence-corrected chi connectivity index (χ0v) is 21.1. The number of amides is 1. The van der Waals surface area contributed by atoms with Crippen LogP contribution in [0.5, 0.6) is 0 Å². The molecule has 4 rings (SSSR count). The Labute approximate surface area is 215 Å². The molecule has 6 heteroatoms. The molecule has 0 atom stereocenters. The summed E-state index contributed by atoms with van der Waals surface area (Å²) in [6, 6.07) is 19.4. The Morgan fingerprint density at radius 1 is 1.05 bits per heavy atom. The van der Waals surface area contributed by atoms with E-state index in [-0.39, 0.29) is 22.9 Å². The number of rotatable bonds is 8. The molecule has 3 aromatic carbocycles. The van der Waals surface area contributed by atoms with Crippen LogP contribution in [-0.2, 0) is 6.42 Å². The highest BCUT2D eigenvalue weighted by atomic mass is 16.4. The summed E-state index contributed by atoms with van der Waals surface area (Å²) in [6.45, 7) is 4.09. The van der Waals surface area contributed by atoms with Gasteiger partial charge in [0.15, 0.2) is 6.29 Å². The molecule has 0 aliphatic rings. The van der Waals surface area contributed by atoms with Crippen LogP contribution in [0.1, 0.15) is 46.5 Å². The molecule has 1 aromatic heterocycles. The summed E-state index contributed by atoms with van der Waals surface area (Å²) in [5, 5.41) is 0.376. The number of allylic oxidation sites excluding steroid dienone is 4. The van der Waals surface area contributed by atoms with Gasteiger partial charge in [0.2, 0.25) is 5.89 Å². The van der Waals surface area contributed by atoms with Crippen molar-refractivity contribution < 1.29 is 14.0 Å². The number of carbonyl (C=O) groups excluding carboxylic acids is 2. The van der Waals surface area contributed by atoms with Crippen LogP contribution >= 0.6 is 0 Å². The van der Waals surface area contributed by atoms with E-state index < -0.39 is 5.63 Å². The van der Waals surface area contributed by atoms with Crippen LogP contribution in [0.2, 0.25) is 0 Å². The molecule has 0 saturated heterocycles. The normalized spacial score (nSPS) is 11.7. The summed E-state index contributed by atoms with van der Waals surface area (Å²) < 4.78 is 5.37. The summed E-state index contributed by atoms with van der Waals surface area (Å²) in [4.78, 5) is 43.4. The first-order valence-corrected chi connectivity index (χ1v) is 12.1. The van der Waals surface area contributed by atoms with Gasteiger partial charge in [-0.05, 0) is 74.7 Å². The molecule has 1 amide bonds. The molecule has 1 heterocycles. The second kappa shape index (κ2) is 11.4. The van der Waals surface area contributed by atoms with E-state index in [0.717, 1.165) is 18.5 Å². The monoisotopic (exact) mass is 492 g/mol. The molecule has 0 N–H and O–H groups in total. The Hall–Kier alpha value is -4.58. The minimum atomic E-state index is -0.513. The topological polar surface area (TPSA) is 80.5 Å². The number of hydrogen-bond donors (Lipinski definition) is 0. The molecule has 186 valence electrons. The highest BCUT2D eigenvalue weighted by molar-refractivity contribution is 6.10. The molecular formula is C31H28N2O4. The van der Waals surface area contributed by atoms with E-state index in [1.54, 1.807) is 43.4 Å². The second-order valence-corrected chi connectivity index (χ2v) is 8.75. The van der Waals surface area contributed by atoms with Crippen molar-refractivity contribution in [3.63, 3.8) is 0 Å². The van der Waals surface area contributed by atoms with E-state index in [4.69, 9.17) is 4.42 Å². The summed E-state index contributed by atoms with van der Waals surface area (Å²) in [6.07, 6.45) is 8.79. The predicted molar refractivity (Wildman–Crippen MR) is 147 cm³/mol. The van der Waals surface area contributed by atoms with Crippen molar-refractivity contribution >= 4 is 28.8 Å². The Morgan fingerprint density at radius 2 is 1.81 bits per heavy atom. The van der Waals surface area contributed by atoms with Crippen molar-refractivity contribution in [1.29, 1.82) is 0 Å². The van der Waals surface area contributed by atoms with Gasteiger partial charge in [-0.2, -0.15) is 0 Å². The van der Waals surface area contributed by atoms with Gasteiger partial charge < -0.3 is 9.32 Å². The Balaban J connectivity index is 1.53. The van der Waals surface area contributed by atoms with Crippen LogP contribution in [0, 0.1) is 0 Å². The number of carbonyl (C=O) groups is 2. The fourth-order valence-electron chi connectivity index (χ4n) is 3.93. The van der Waals surface area contributed by atoms with Gasteiger partial charge in [-0.3, -0.25) is 9.59 Å². The number of benzene rings is 3. The van der Waals surface area contributed by atoms with E-state index in [1.165, 1.54) is 22.1 Å². The maximum absolute atomic E-state index is 13.3. The first-order valence-electron chi connectivity index (χ1n) is 12.1. The molecule has 4 aromatic rings. The van der Waals surface area contributed by atoms with Crippen molar-refractivity contribution in [2.75, 3.05) is 11.9 Å². The molecule has 6 nitrogen and oxygen atoms in total. The zero-order chi connectivity index (χ0) is 26.4. The number of para-hydroxylation sites is 1. The Bertz CT molecular complexity index is 1560. The van der Waals surface area contributed by atoms with Crippen molar-refractivity contribution in [3.05, 3.63) is 118 Å². The average molecular weight is 493 g/mol. The number of fused-ring (bicyclic) bond motifs is 1. The molecule has 0 aliphatic carbocycles. The van der Waals surface area contributed by atoms with Crippen LogP contribution < -0.4 is 10.5 Å². The lowest BCUT2D eigenvalue weighted by atomic mass is 10.0. The lowest BCUT2D eigenvalue weighted by molar-refractivity contribution is 0.0986. The molecule has 0 bridgehead atoms. The molecule has 0 spiro atoms. The molecule has 0 radical (unpaired) electrons. The van der Waals surface area contributed by atoms with Crippen molar-refractivity contribution in [2.45, 2.75) is 26.7 Å². The van der Waals surface area contributed by atoms with E-state index in [9.17, 15) is 14.4 Å². The summed E-state index contributed by atoms with van der Waals surface area (Å²) in [5.74, 6) is -0.232. The SMILES string of the molecule is C/C=C(C)\C=C/CCc1ccc(N(C)C(=O)c2ccc(-c3nc4ccccc4c(=O)o3)cc2C=O)cc1. The van der Waals surface area contributed by atoms with Crippen molar-refractivity contribution in [2.24, 2.45) is 0 Å². The lowest BCUT2D eigenvalue weighted by Gasteiger charge is -2.19. The number of hydrogen-bond acceptors (Lipinski definition) is 5. The second-order valence-electron chi connectivity index (χ2n) is 8.75. The Morgan fingerprint density at radius 3 is 2.54 bits per heavy atom. The van der Waals surface area contributed by atoms with Crippen molar-refractivity contribution in [3.8, 4) is 11.5 Å². The average Bonchev–Trinajstić information content (AvgIpc) is 2.94. The molecule has 37 heavy (non-hydrogen) atoms. The third-order valence-electron chi connectivity index (χ3n) is 6.26. The van der Waals surface area contributed by atoms with Gasteiger partial charge in [-0.1, -0.05) is 48.1 Å². The van der Waals surface area contributed by atoms with Gasteiger partial charge in [-0.15, -0.1) is 0 Å². The third kappa shape index (κ3) is 5.81. The van der Waals surface area contributed by atoms with Gasteiger partial charge in [0.05, 0.1) is 16.5 Å². The van der Waals surface area contributed by atoms with Gasteiger partial charge >= 0.3 is 5.63 Å². The standard InChI is InChI=1S/C31H28N2O4/c1-4-21(2)9-5-6-10-22-13-16-25(17-14-22)33(3)30(35)26-18-15-23(19-24(26)20-34)29-32-28-12-8-7-11-27(28)31(36)37-29/h4-5,7-9,11-20H,6,10H2,1-3H3/b9-5-,21-4-. The first-order chi connectivity index (χ1) is 17.9. The number of aldehydes is 1. The quantitative estimate of drug-likeness (QED) is 0.210. The molecule has 0 unspecified atom stereocenters. The van der Waals surface area contributed by atoms with Gasteiger partial charge in [0, 0.05) is 23.9 Å². The summed E-state index contributed by atoms with van der Waals surface area (Å²) in [5.41, 5.74) is 3.98. The number of nitrogens with zero attached hydrogens (tertiary/aromatic N) is 2.